The third kappa shape index (κ3) is 1.52. The summed E-state index contributed by atoms with van der Waals surface area (Å²) in [6, 6.07) is 1.62. The van der Waals surface area contributed by atoms with Crippen molar-refractivity contribution in [3.63, 3.8) is 0 Å². The van der Waals surface area contributed by atoms with Crippen molar-refractivity contribution in [2.75, 3.05) is 5.73 Å². The fourth-order valence-corrected chi connectivity index (χ4v) is 1.18. The standard InChI is InChI=1S/C8H9ClN2/c1-3-6-5(2)11-8(9)4-7(6)10/h3-4H,1H2,2H3,(H2,10,11). The topological polar surface area (TPSA) is 38.9 Å². The fraction of sp³-hybridized carbons (Fsp3) is 0.125. The minimum Gasteiger partial charge on any atom is -0.398 e. The van der Waals surface area contributed by atoms with E-state index in [0.717, 1.165) is 11.3 Å². The predicted octanol–water partition coefficient (Wildman–Crippen LogP) is 2.27. The zero-order valence-corrected chi connectivity index (χ0v) is 7.02. The molecule has 1 heterocycles. The van der Waals surface area contributed by atoms with Crippen LogP contribution in [0.1, 0.15) is 11.3 Å². The zero-order valence-electron chi connectivity index (χ0n) is 6.26. The van der Waals surface area contributed by atoms with Crippen LogP contribution in [0, 0.1) is 6.92 Å². The first-order chi connectivity index (χ1) is 5.15. The lowest BCUT2D eigenvalue weighted by Gasteiger charge is -2.03. The van der Waals surface area contributed by atoms with E-state index < -0.39 is 0 Å². The summed E-state index contributed by atoms with van der Waals surface area (Å²) in [4.78, 5) is 4.02. The molecule has 0 saturated carbocycles. The van der Waals surface area contributed by atoms with Gasteiger partial charge in [0.05, 0.1) is 0 Å². The van der Waals surface area contributed by atoms with Crippen LogP contribution >= 0.6 is 11.6 Å². The molecule has 1 aromatic heterocycles. The predicted molar refractivity (Wildman–Crippen MR) is 48.5 cm³/mol. The molecule has 2 N–H and O–H groups in total. The minimum absolute atomic E-state index is 0.422. The lowest BCUT2D eigenvalue weighted by Crippen LogP contribution is -1.95. The van der Waals surface area contributed by atoms with Gasteiger partial charge in [-0.1, -0.05) is 24.3 Å². The number of hydrogen-bond acceptors (Lipinski definition) is 2. The zero-order chi connectivity index (χ0) is 8.43. The van der Waals surface area contributed by atoms with Crippen LogP contribution in [0.3, 0.4) is 0 Å². The van der Waals surface area contributed by atoms with Crippen molar-refractivity contribution >= 4 is 23.4 Å². The van der Waals surface area contributed by atoms with Gasteiger partial charge in [-0.2, -0.15) is 0 Å². The molecule has 0 radical (unpaired) electrons. The summed E-state index contributed by atoms with van der Waals surface area (Å²) in [5.74, 6) is 0. The van der Waals surface area contributed by atoms with Gasteiger partial charge >= 0.3 is 0 Å². The Kier molecular flexibility index (Phi) is 2.15. The van der Waals surface area contributed by atoms with Crippen molar-refractivity contribution in [3.8, 4) is 0 Å². The molecule has 1 aromatic rings. The number of anilines is 1. The van der Waals surface area contributed by atoms with E-state index in [1.807, 2.05) is 6.92 Å². The monoisotopic (exact) mass is 168 g/mol. The van der Waals surface area contributed by atoms with Crippen molar-refractivity contribution in [2.24, 2.45) is 0 Å². The van der Waals surface area contributed by atoms with Crippen LogP contribution in [0.2, 0.25) is 5.15 Å². The number of rotatable bonds is 1. The molecule has 0 aliphatic rings. The van der Waals surface area contributed by atoms with E-state index in [1.165, 1.54) is 0 Å². The molecule has 0 fully saturated rings. The maximum Gasteiger partial charge on any atom is 0.131 e. The van der Waals surface area contributed by atoms with Crippen molar-refractivity contribution in [3.05, 3.63) is 29.1 Å². The molecule has 0 aromatic carbocycles. The van der Waals surface area contributed by atoms with Gasteiger partial charge in [-0.05, 0) is 13.0 Å². The van der Waals surface area contributed by atoms with E-state index in [2.05, 4.69) is 11.6 Å². The second-order valence-corrected chi connectivity index (χ2v) is 2.62. The molecular formula is C8H9ClN2. The summed E-state index contributed by atoms with van der Waals surface area (Å²) >= 11 is 5.65. The Balaban J connectivity index is 3.36. The summed E-state index contributed by atoms with van der Waals surface area (Å²) in [5, 5.41) is 0.422. The van der Waals surface area contributed by atoms with Gasteiger partial charge < -0.3 is 5.73 Å². The minimum atomic E-state index is 0.422. The molecule has 11 heavy (non-hydrogen) atoms. The fourth-order valence-electron chi connectivity index (χ4n) is 0.933. The van der Waals surface area contributed by atoms with E-state index in [9.17, 15) is 0 Å². The normalized spacial score (nSPS) is 9.64. The van der Waals surface area contributed by atoms with Crippen LogP contribution in [0.25, 0.3) is 6.08 Å². The van der Waals surface area contributed by atoms with Crippen molar-refractivity contribution in [1.82, 2.24) is 4.98 Å². The number of nitrogens with two attached hydrogens (primary N) is 1. The first-order valence-corrected chi connectivity index (χ1v) is 3.58. The number of nitrogens with zero attached hydrogens (tertiary/aromatic N) is 1. The molecule has 0 aliphatic carbocycles. The van der Waals surface area contributed by atoms with Gasteiger partial charge in [0.25, 0.3) is 0 Å². The molecule has 0 aliphatic heterocycles. The number of hydrogen-bond donors (Lipinski definition) is 1. The van der Waals surface area contributed by atoms with Gasteiger partial charge in [0.2, 0.25) is 0 Å². The highest BCUT2D eigenvalue weighted by atomic mass is 35.5. The summed E-state index contributed by atoms with van der Waals surface area (Å²) in [6.45, 7) is 5.47. The largest absolute Gasteiger partial charge is 0.398 e. The molecule has 0 amide bonds. The summed E-state index contributed by atoms with van der Waals surface area (Å²) in [6.07, 6.45) is 1.67. The van der Waals surface area contributed by atoms with Gasteiger partial charge in [0, 0.05) is 16.9 Å². The van der Waals surface area contributed by atoms with Gasteiger partial charge in [0.1, 0.15) is 5.15 Å². The number of nitrogen functional groups attached to an aromatic ring is 1. The van der Waals surface area contributed by atoms with E-state index in [0.29, 0.717) is 10.8 Å². The second-order valence-electron chi connectivity index (χ2n) is 2.24. The van der Waals surface area contributed by atoms with Crippen molar-refractivity contribution in [1.29, 1.82) is 0 Å². The Bertz CT molecular complexity index is 271. The highest BCUT2D eigenvalue weighted by molar-refractivity contribution is 6.29. The third-order valence-corrected chi connectivity index (χ3v) is 1.65. The molecule has 1 rings (SSSR count). The molecule has 0 saturated heterocycles. The van der Waals surface area contributed by atoms with E-state index in [-0.39, 0.29) is 0 Å². The lowest BCUT2D eigenvalue weighted by atomic mass is 10.2. The molecule has 0 unspecified atom stereocenters. The van der Waals surface area contributed by atoms with E-state index in [4.69, 9.17) is 17.3 Å². The summed E-state index contributed by atoms with van der Waals surface area (Å²) < 4.78 is 0. The van der Waals surface area contributed by atoms with Crippen molar-refractivity contribution in [2.45, 2.75) is 6.92 Å². The Labute approximate surface area is 70.7 Å². The maximum atomic E-state index is 5.65. The first-order valence-electron chi connectivity index (χ1n) is 3.20. The van der Waals surface area contributed by atoms with Crippen LogP contribution in [0.4, 0.5) is 5.69 Å². The quantitative estimate of drug-likeness (QED) is 0.654. The number of pyridine rings is 1. The van der Waals surface area contributed by atoms with Crippen LogP contribution in [-0.4, -0.2) is 4.98 Å². The van der Waals surface area contributed by atoms with Crippen LogP contribution < -0.4 is 5.73 Å². The van der Waals surface area contributed by atoms with Crippen LogP contribution in [0.5, 0.6) is 0 Å². The van der Waals surface area contributed by atoms with E-state index in [1.54, 1.807) is 12.1 Å². The first kappa shape index (κ1) is 8.08. The molecule has 0 atom stereocenters. The second kappa shape index (κ2) is 2.93. The average Bonchev–Trinajstić information content (AvgIpc) is 1.85. The summed E-state index contributed by atoms with van der Waals surface area (Å²) in [5.41, 5.74) is 7.93. The molecule has 58 valence electrons. The average molecular weight is 169 g/mol. The van der Waals surface area contributed by atoms with Crippen LogP contribution in [-0.2, 0) is 0 Å². The van der Waals surface area contributed by atoms with Crippen molar-refractivity contribution < 1.29 is 0 Å². The number of aryl methyl sites for hydroxylation is 1. The Morgan fingerprint density at radius 1 is 1.73 bits per heavy atom. The Morgan fingerprint density at radius 2 is 2.36 bits per heavy atom. The highest BCUT2D eigenvalue weighted by Gasteiger charge is 2.01. The number of aromatic nitrogens is 1. The molecule has 0 bridgehead atoms. The molecule has 3 heteroatoms. The van der Waals surface area contributed by atoms with Crippen LogP contribution in [0.15, 0.2) is 12.6 Å². The molecular weight excluding hydrogens is 160 g/mol. The lowest BCUT2D eigenvalue weighted by molar-refractivity contribution is 1.19. The highest BCUT2D eigenvalue weighted by Crippen LogP contribution is 2.19. The van der Waals surface area contributed by atoms with Gasteiger partial charge in [-0.25, -0.2) is 4.98 Å². The van der Waals surface area contributed by atoms with E-state index >= 15 is 0 Å². The number of halogens is 1. The SMILES string of the molecule is C=Cc1c(N)cc(Cl)nc1C. The van der Waals surface area contributed by atoms with Gasteiger partial charge in [-0.15, -0.1) is 0 Å². The maximum absolute atomic E-state index is 5.65. The summed E-state index contributed by atoms with van der Waals surface area (Å²) in [7, 11) is 0. The molecule has 2 nitrogen and oxygen atoms in total. The third-order valence-electron chi connectivity index (χ3n) is 1.45. The van der Waals surface area contributed by atoms with Gasteiger partial charge in [0.15, 0.2) is 0 Å². The smallest absolute Gasteiger partial charge is 0.131 e. The van der Waals surface area contributed by atoms with Gasteiger partial charge in [-0.3, -0.25) is 0 Å². The Morgan fingerprint density at radius 3 is 2.82 bits per heavy atom. The molecule has 0 spiro atoms. The Hall–Kier alpha value is -1.02.